The molecule has 6 N–H and O–H groups in total. The number of hydrogen-bond acceptors (Lipinski definition) is 17. The Morgan fingerprint density at radius 1 is 0.333 bits per heavy atom. The van der Waals surface area contributed by atoms with Gasteiger partial charge in [-0.05, 0) is 89.9 Å². The fraction of sp³-hybridized carbons (Fsp3) is 0.867. The van der Waals surface area contributed by atoms with E-state index in [0.717, 1.165) is 141 Å². The summed E-state index contributed by atoms with van der Waals surface area (Å²) in [5.41, 5.74) is 0. The highest BCUT2D eigenvalue weighted by Crippen LogP contribution is 2.44. The molecule has 0 aromatic rings. The third kappa shape index (κ3) is 72.4. The Morgan fingerprint density at radius 3 is 0.963 bits per heavy atom. The number of carbonyl (C=O) groups is 7. The summed E-state index contributed by atoms with van der Waals surface area (Å²) in [4.78, 5) is 113. The number of carbonyl (C=O) groups excluding carboxylic acids is 7. The Morgan fingerprint density at radius 2 is 0.630 bits per heavy atom. The quantitative estimate of drug-likeness (QED) is 0.0108. The van der Waals surface area contributed by atoms with Gasteiger partial charge in [0.25, 0.3) is 0 Å². The number of hydrogen-bond donors (Lipinski definition) is 6. The molecule has 0 aliphatic carbocycles. The summed E-state index contributed by atoms with van der Waals surface area (Å²) in [5, 5.41) is 10.3. The molecule has 0 fully saturated rings. The SMILES string of the molecule is CCCCCC/C=C\CCCC(=O)O[C@H](CCCCCCC)CCOCC(COP(=O)(O)OCCNC(=O)NCCOP(=O)(O)OCC(COCC[C@@H](CCCCCCC)OC(=O)CCC/C=C\CCCCCC)NC(=O)CC(=O)CCCCCCCCCCC)NC(=O)CC(=O)CCCCCCCCCCC. The Bertz CT molecular complexity index is 2210. The molecule has 0 aliphatic rings. The molecule has 6 atom stereocenters. The molecule has 0 aromatic carbocycles. The van der Waals surface area contributed by atoms with Crippen molar-refractivity contribution in [3.05, 3.63) is 24.3 Å². The Labute approximate surface area is 654 Å². The Balaban J connectivity index is 5.71. The van der Waals surface area contributed by atoms with E-state index >= 15 is 0 Å². The first-order valence-corrected chi connectivity index (χ1v) is 46.0. The number of Topliss-reactive ketones (excluding diaryl/α,β-unsaturated/α-hetero) is 2. The van der Waals surface area contributed by atoms with E-state index in [1.54, 1.807) is 0 Å². The Hall–Kier alpha value is -3.89. The predicted molar refractivity (Wildman–Crippen MR) is 433 cm³/mol. The van der Waals surface area contributed by atoms with Gasteiger partial charge in [0.05, 0.1) is 77.8 Å². The monoisotopic (exact) mass is 1580 g/mol. The zero-order chi connectivity index (χ0) is 79.5. The van der Waals surface area contributed by atoms with Crippen molar-refractivity contribution in [2.45, 2.75) is 400 Å². The first-order chi connectivity index (χ1) is 52.3. The topological polar surface area (TPSA) is 316 Å². The van der Waals surface area contributed by atoms with Crippen molar-refractivity contribution in [3.63, 3.8) is 0 Å². The highest BCUT2D eigenvalue weighted by atomic mass is 31.2. The van der Waals surface area contributed by atoms with Gasteiger partial charge in [0.1, 0.15) is 23.8 Å². The summed E-state index contributed by atoms with van der Waals surface area (Å²) >= 11 is 0. The number of unbranched alkanes of at least 4 members (excludes halogenated alkanes) is 34. The summed E-state index contributed by atoms with van der Waals surface area (Å²) < 4.78 is 71.1. The van der Waals surface area contributed by atoms with Crippen molar-refractivity contribution in [3.8, 4) is 0 Å². The number of ether oxygens (including phenoxy) is 4. The van der Waals surface area contributed by atoms with Gasteiger partial charge in [-0.3, -0.25) is 46.9 Å². The number of ketones is 2. The van der Waals surface area contributed by atoms with Gasteiger partial charge in [0.15, 0.2) is 0 Å². The number of esters is 2. The van der Waals surface area contributed by atoms with E-state index in [4.69, 9.17) is 37.0 Å². The van der Waals surface area contributed by atoms with E-state index in [1.165, 1.54) is 103 Å². The molecule has 4 unspecified atom stereocenters. The number of phosphoric ester groups is 2. The van der Waals surface area contributed by atoms with Crippen LogP contribution in [0, 0.1) is 0 Å². The maximum atomic E-state index is 13.3. The number of urea groups is 1. The average molecular weight is 1580 g/mol. The third-order valence-corrected chi connectivity index (χ3v) is 20.6. The lowest BCUT2D eigenvalue weighted by Crippen LogP contribution is -2.42. The molecule has 0 rings (SSSR count). The molecule has 0 radical (unpaired) electrons. The first kappa shape index (κ1) is 104. The van der Waals surface area contributed by atoms with Crippen molar-refractivity contribution in [2.75, 3.05) is 65.9 Å². The lowest BCUT2D eigenvalue weighted by molar-refractivity contribution is -0.151. The number of nitrogens with one attached hydrogen (secondary N) is 4. The summed E-state index contributed by atoms with van der Waals surface area (Å²) in [5.74, 6) is -2.18. The molecular weight excluding hydrogens is 1420 g/mol. The lowest BCUT2D eigenvalue weighted by atomic mass is 10.0. The molecule has 0 aliphatic heterocycles. The van der Waals surface area contributed by atoms with Gasteiger partial charge in [0, 0.05) is 51.6 Å². The van der Waals surface area contributed by atoms with Crippen molar-refractivity contribution in [2.24, 2.45) is 0 Å². The van der Waals surface area contributed by atoms with E-state index < -0.39 is 84.2 Å². The van der Waals surface area contributed by atoms with Gasteiger partial charge in [-0.2, -0.15) is 0 Å². The predicted octanol–water partition coefficient (Wildman–Crippen LogP) is 20.0. The van der Waals surface area contributed by atoms with Gasteiger partial charge >= 0.3 is 33.6 Å². The molecule has 0 saturated heterocycles. The van der Waals surface area contributed by atoms with Crippen LogP contribution in [-0.2, 0) is 74.9 Å². The Kier molecular flexibility index (Phi) is 73.0. The van der Waals surface area contributed by atoms with Gasteiger partial charge in [-0.1, -0.05) is 258 Å². The summed E-state index contributed by atoms with van der Waals surface area (Å²) in [6.07, 6.45) is 54.8. The van der Waals surface area contributed by atoms with E-state index in [1.807, 2.05) is 0 Å². The zero-order valence-corrected chi connectivity index (χ0v) is 70.5. The summed E-state index contributed by atoms with van der Waals surface area (Å²) in [6.45, 7) is 10.4. The van der Waals surface area contributed by atoms with Crippen LogP contribution in [0.2, 0.25) is 0 Å². The number of allylic oxidation sites excluding steroid dienone is 4. The van der Waals surface area contributed by atoms with Gasteiger partial charge in [-0.15, -0.1) is 0 Å². The second-order valence-corrected chi connectivity index (χ2v) is 32.2. The highest BCUT2D eigenvalue weighted by molar-refractivity contribution is 7.47. The maximum absolute atomic E-state index is 13.3. The molecule has 632 valence electrons. The van der Waals surface area contributed by atoms with Crippen LogP contribution in [0.3, 0.4) is 0 Å². The average Bonchev–Trinajstić information content (AvgIpc) is 0.913. The number of rotatable bonds is 82. The van der Waals surface area contributed by atoms with Crippen LogP contribution < -0.4 is 21.3 Å². The smallest absolute Gasteiger partial charge is 0.462 e. The van der Waals surface area contributed by atoms with E-state index in [-0.39, 0.29) is 88.7 Å². The summed E-state index contributed by atoms with van der Waals surface area (Å²) in [6, 6.07) is -2.75. The molecular formula is C83H156N4O19P2. The first-order valence-electron chi connectivity index (χ1n) is 43.0. The second-order valence-electron chi connectivity index (χ2n) is 29.3. The summed E-state index contributed by atoms with van der Waals surface area (Å²) in [7, 11) is -9.61. The van der Waals surface area contributed by atoms with Crippen LogP contribution in [0.1, 0.15) is 375 Å². The molecule has 0 aromatic heterocycles. The molecule has 23 nitrogen and oxygen atoms in total. The van der Waals surface area contributed by atoms with Crippen LogP contribution in [0.5, 0.6) is 0 Å². The molecule has 25 heteroatoms. The minimum atomic E-state index is -4.81. The number of amides is 4. The lowest BCUT2D eigenvalue weighted by Gasteiger charge is -2.22. The maximum Gasteiger partial charge on any atom is 0.472 e. The van der Waals surface area contributed by atoms with Gasteiger partial charge in [0.2, 0.25) is 11.8 Å². The normalized spacial score (nSPS) is 13.9. The van der Waals surface area contributed by atoms with Crippen LogP contribution in [0.25, 0.3) is 0 Å². The van der Waals surface area contributed by atoms with Crippen LogP contribution in [-0.4, -0.2) is 141 Å². The van der Waals surface area contributed by atoms with E-state index in [9.17, 15) is 52.5 Å². The van der Waals surface area contributed by atoms with Crippen molar-refractivity contribution in [1.29, 1.82) is 0 Å². The van der Waals surface area contributed by atoms with E-state index in [0.29, 0.717) is 64.2 Å². The van der Waals surface area contributed by atoms with Crippen molar-refractivity contribution >= 4 is 57.0 Å². The molecule has 4 amide bonds. The van der Waals surface area contributed by atoms with Gasteiger partial charge < -0.3 is 50.0 Å². The second kappa shape index (κ2) is 75.8. The van der Waals surface area contributed by atoms with Crippen molar-refractivity contribution < 1.29 is 89.5 Å². The van der Waals surface area contributed by atoms with Crippen LogP contribution in [0.4, 0.5) is 4.79 Å². The zero-order valence-electron chi connectivity index (χ0n) is 68.7. The van der Waals surface area contributed by atoms with Crippen LogP contribution >= 0.6 is 15.6 Å². The van der Waals surface area contributed by atoms with Crippen LogP contribution in [0.15, 0.2) is 24.3 Å². The van der Waals surface area contributed by atoms with E-state index in [2.05, 4.69) is 87.1 Å². The van der Waals surface area contributed by atoms with Crippen molar-refractivity contribution in [1.82, 2.24) is 21.3 Å². The molecule has 108 heavy (non-hydrogen) atoms. The molecule has 0 saturated carbocycles. The fourth-order valence-corrected chi connectivity index (χ4v) is 13.7. The highest BCUT2D eigenvalue weighted by Gasteiger charge is 2.28. The van der Waals surface area contributed by atoms with Gasteiger partial charge in [-0.25, -0.2) is 13.9 Å². The molecule has 0 heterocycles. The fourth-order valence-electron chi connectivity index (χ4n) is 12.2. The largest absolute Gasteiger partial charge is 0.472 e. The minimum Gasteiger partial charge on any atom is -0.462 e. The third-order valence-electron chi connectivity index (χ3n) is 18.7. The number of phosphoric acid groups is 2. The minimum absolute atomic E-state index is 0.140. The standard InChI is InChI=1S/C83H156N4O19P2/c1-7-13-19-25-29-33-37-43-47-53-75(88)67-79(90)86-73(69-99-63-59-77(55-49-41-23-17-11-5)105-81(92)57-51-45-39-35-31-27-21-15-9-3)71-103-107(95,96)101-65-61-84-83(94)85-62-66-102-108(97,98)104-72-74(87-80(91)68-76(89)54-48-44-38-34-30-26-20-14-8-2)70-100-64-60-78(56-50-42-24-18-12-6)106-82(93)58-52-46-40-36-32-28-22-16-10-4/h35-36,39-40,73-74,77-78H,7-34,37-38,41-72H2,1-6H3,(H,86,90)(H,87,91)(H,95,96)(H,97,98)(H2,84,85,94)/b39-35-,40-36-/t73?,74?,77-,78-/m1/s1. The molecule has 0 bridgehead atoms. The molecule has 0 spiro atoms.